The molecular formula is C71H102N16O19S3. The van der Waals surface area contributed by atoms with E-state index in [0.717, 1.165) is 13.8 Å². The van der Waals surface area contributed by atoms with Crippen molar-refractivity contribution >= 4 is 154 Å². The van der Waals surface area contributed by atoms with E-state index in [4.69, 9.17) is 0 Å². The van der Waals surface area contributed by atoms with Crippen LogP contribution in [0.25, 0.3) is 21.8 Å². The fourth-order valence-corrected chi connectivity index (χ4v) is 12.8. The van der Waals surface area contributed by atoms with Crippen molar-refractivity contribution in [2.75, 3.05) is 43.9 Å². The first-order chi connectivity index (χ1) is 51.4. The molecule has 598 valence electrons. The van der Waals surface area contributed by atoms with E-state index in [1.165, 1.54) is 11.8 Å². The maximum atomic E-state index is 14.8. The van der Waals surface area contributed by atoms with Gasteiger partial charge in [0.1, 0.15) is 72.2 Å². The number of hydrogen-bond donors (Lipinski definition) is 21. The number of Topliss-reactive ketones (excluding diaryl/α,β-unsaturated/α-hetero) is 2. The number of carbonyl (C=O) groups is 16. The third-order valence-electron chi connectivity index (χ3n) is 18.1. The van der Waals surface area contributed by atoms with Crippen molar-refractivity contribution in [1.29, 1.82) is 0 Å². The number of rotatable bonds is 44. The third kappa shape index (κ3) is 26.3. The number of aliphatic hydroxyl groups is 1. The third-order valence-corrected chi connectivity index (χ3v) is 19.2. The summed E-state index contributed by atoms with van der Waals surface area (Å²) in [5, 5.41) is 64.4. The number of para-hydroxylation sites is 2. The molecule has 1 fully saturated rings. The topological polar surface area (TPSA) is 525 Å². The molecule has 12 amide bonds. The molecule has 0 spiro atoms. The molecule has 1 aliphatic heterocycles. The van der Waals surface area contributed by atoms with Crippen LogP contribution in [0.4, 0.5) is 0 Å². The van der Waals surface area contributed by atoms with Gasteiger partial charge in [0, 0.05) is 83.7 Å². The number of fused-ring (bicyclic) bond motifs is 2. The average Bonchev–Trinajstić information content (AvgIpc) is 1.72. The van der Waals surface area contributed by atoms with Crippen molar-refractivity contribution < 1.29 is 92.0 Å². The quantitative estimate of drug-likeness (QED) is 0.0201. The highest BCUT2D eigenvalue weighted by Gasteiger charge is 2.42. The van der Waals surface area contributed by atoms with Gasteiger partial charge in [-0.1, -0.05) is 64.1 Å². The van der Waals surface area contributed by atoms with Gasteiger partial charge >= 0.3 is 11.9 Å². The number of carboxylic acid groups (broad SMARTS) is 2. The fraction of sp³-hybridized carbons (Fsp3) is 0.549. The smallest absolute Gasteiger partial charge is 0.327 e. The van der Waals surface area contributed by atoms with Gasteiger partial charge in [-0.2, -0.15) is 37.9 Å². The Morgan fingerprint density at radius 1 is 0.541 bits per heavy atom. The van der Waals surface area contributed by atoms with Crippen LogP contribution in [0.15, 0.2) is 60.9 Å². The normalized spacial score (nSPS) is 16.2. The molecular weight excluding hydrogens is 1480 g/mol. The Bertz CT molecular complexity index is 3960. The zero-order valence-electron chi connectivity index (χ0n) is 62.3. The summed E-state index contributed by atoms with van der Waals surface area (Å²) < 4.78 is 0. The highest BCUT2D eigenvalue weighted by molar-refractivity contribution is 7.80. The van der Waals surface area contributed by atoms with Crippen molar-refractivity contribution in [3.8, 4) is 0 Å². The summed E-state index contributed by atoms with van der Waals surface area (Å²) >= 11 is 12.5. The lowest BCUT2D eigenvalue weighted by atomic mass is 9.97. The molecule has 2 aromatic carbocycles. The minimum absolute atomic E-state index is 0.00636. The number of aliphatic hydroxyl groups excluding tert-OH is 1. The summed E-state index contributed by atoms with van der Waals surface area (Å²) in [5.41, 5.74) is 1.21. The molecule has 38 heteroatoms. The van der Waals surface area contributed by atoms with Gasteiger partial charge in [-0.3, -0.25) is 77.2 Å². The van der Waals surface area contributed by atoms with E-state index < -0.39 is 216 Å². The average molecular weight is 1580 g/mol. The molecule has 0 radical (unpaired) electrons. The number of carboxylic acids is 2. The van der Waals surface area contributed by atoms with Crippen LogP contribution in [-0.2, 0) is 89.6 Å². The number of carbonyl (C=O) groups excluding carboxylic acids is 14. The van der Waals surface area contributed by atoms with Crippen LogP contribution in [0, 0.1) is 11.8 Å². The van der Waals surface area contributed by atoms with Gasteiger partial charge in [0.25, 0.3) is 0 Å². The lowest BCUT2D eigenvalue weighted by Gasteiger charge is -2.32. The molecule has 109 heavy (non-hydrogen) atoms. The van der Waals surface area contributed by atoms with E-state index in [1.54, 1.807) is 110 Å². The van der Waals surface area contributed by atoms with Crippen LogP contribution in [-0.4, -0.2) is 253 Å². The molecule has 1 aliphatic rings. The molecule has 0 unspecified atom stereocenters. The Kier molecular flexibility index (Phi) is 35.0. The maximum Gasteiger partial charge on any atom is 0.327 e. The molecule has 13 atom stereocenters. The number of hydrogen-bond acceptors (Lipinski definition) is 22. The number of H-pyrrole nitrogens is 2. The van der Waals surface area contributed by atoms with Crippen LogP contribution < -0.4 is 69.1 Å². The predicted molar refractivity (Wildman–Crippen MR) is 409 cm³/mol. The van der Waals surface area contributed by atoms with Gasteiger partial charge in [0.05, 0.1) is 30.8 Å². The number of benzene rings is 2. The Labute approximate surface area is 646 Å². The first kappa shape index (κ1) is 90.0. The van der Waals surface area contributed by atoms with Crippen molar-refractivity contribution in [3.63, 3.8) is 0 Å². The van der Waals surface area contributed by atoms with Gasteiger partial charge in [-0.05, 0) is 96.0 Å². The number of aromatic amines is 2. The van der Waals surface area contributed by atoms with Crippen molar-refractivity contribution in [2.24, 2.45) is 11.8 Å². The number of aliphatic carboxylic acids is 2. The van der Waals surface area contributed by atoms with Crippen molar-refractivity contribution in [2.45, 2.75) is 191 Å². The second-order valence-corrected chi connectivity index (χ2v) is 29.0. The zero-order valence-corrected chi connectivity index (χ0v) is 65.0. The molecule has 3 heterocycles. The first-order valence-electron chi connectivity index (χ1n) is 35.5. The molecule has 18 N–H and O–H groups in total. The number of likely N-dealkylation sites (tertiary alicyclic amines) is 1. The summed E-state index contributed by atoms with van der Waals surface area (Å²) in [7, 11) is 1.57. The van der Waals surface area contributed by atoms with Crippen LogP contribution >= 0.6 is 37.9 Å². The standard InChI is InChI=1S/C71H102N16O19S3/c1-34(2)56(67(102)79-46(24-36(5)88)60(95)75-30-54(91)76-47(25-39-27-73-43-18-13-11-16-41(39)43)62(97)84-57(35(3)4)69(104)87-23-15-20-52(87)66(101)82-51(33-109)70(105)106)83-63(98)48(26-40-28-74-44-19-14-12-17-42(40)44)78-64(99)49(31-107)81-61(96)45(21-22-55(92)93)77-68(103)58(38(7)89)85-65(100)50(32-108)80-59(94)37(6)86-71(8,9)53(90)29-72-10/h11-14,16-19,27-28,34-35,37-38,45-52,56-58,72-74,86,89,107-109H,15,20-26,29-33H2,1-10H3,(H,75,95)(H,76,91)(H,77,103)(H,78,99)(H,79,102)(H,80,94)(H,81,96)(H,82,101)(H,83,98)(H,84,97)(H,85,100)(H,92,93)(H,105,106)/t37-,38+,45-,46-,47-,48-,49-,50-,51-,52-,56-,57-,58-/m0/s1. The number of amides is 12. The molecule has 35 nitrogen and oxygen atoms in total. The Morgan fingerprint density at radius 3 is 1.50 bits per heavy atom. The SMILES string of the molecule is CNCC(=O)C(C)(C)N[C@@H](C)C(=O)N[C@@H](CS)C(=O)N[C@H](C(=O)N[C@@H](CCC(=O)O)C(=O)N[C@@H](CS)C(=O)N[C@@H](Cc1c[nH]c2ccccc12)C(=O)N[C@H](C(=O)N[C@@H](CC(C)=O)C(=O)NCC(=O)N[C@@H](Cc1c[nH]c2ccccc12)C(=O)N[C@H](C(=O)N1CCC[C@H]1C(=O)N[C@@H](CS)C(=O)O)C(C)C)C(C)C)[C@@H](C)O. The molecule has 5 rings (SSSR count). The number of likely N-dealkylation sites (N-methyl/N-ethyl adjacent to an activating group) is 1. The largest absolute Gasteiger partial charge is 0.481 e. The Hall–Kier alpha value is -9.63. The Balaban J connectivity index is 1.32. The number of aromatic nitrogens is 2. The second-order valence-electron chi connectivity index (χ2n) is 27.9. The van der Waals surface area contributed by atoms with Crippen LogP contribution in [0.1, 0.15) is 106 Å². The monoisotopic (exact) mass is 1580 g/mol. The van der Waals surface area contributed by atoms with Crippen LogP contribution in [0.5, 0.6) is 0 Å². The number of ketones is 2. The first-order valence-corrected chi connectivity index (χ1v) is 37.4. The summed E-state index contributed by atoms with van der Waals surface area (Å²) in [5.74, 6) is -17.3. The van der Waals surface area contributed by atoms with Gasteiger partial charge in [-0.15, -0.1) is 0 Å². The fourth-order valence-electron chi connectivity index (χ4n) is 12.0. The molecule has 0 bridgehead atoms. The van der Waals surface area contributed by atoms with E-state index in [9.17, 15) is 92.0 Å². The van der Waals surface area contributed by atoms with Gasteiger partial charge < -0.3 is 94.0 Å². The number of nitrogens with one attached hydrogen (secondary N) is 15. The van der Waals surface area contributed by atoms with Crippen LogP contribution in [0.2, 0.25) is 0 Å². The summed E-state index contributed by atoms with van der Waals surface area (Å²) in [6.07, 6.45) is -0.282. The van der Waals surface area contributed by atoms with E-state index in [-0.39, 0.29) is 49.6 Å². The van der Waals surface area contributed by atoms with Gasteiger partial charge in [-0.25, -0.2) is 4.79 Å². The number of nitrogens with zero attached hydrogens (tertiary/aromatic N) is 1. The lowest BCUT2D eigenvalue weighted by Crippen LogP contribution is -2.63. The van der Waals surface area contributed by atoms with E-state index >= 15 is 0 Å². The highest BCUT2D eigenvalue weighted by atomic mass is 32.1. The summed E-state index contributed by atoms with van der Waals surface area (Å²) in [6, 6.07) is -3.57. The lowest BCUT2D eigenvalue weighted by molar-refractivity contribution is -0.145. The molecule has 2 aromatic heterocycles. The molecule has 4 aromatic rings. The molecule has 0 saturated carbocycles. The maximum absolute atomic E-state index is 14.8. The van der Waals surface area contributed by atoms with E-state index in [2.05, 4.69) is 117 Å². The van der Waals surface area contributed by atoms with Crippen molar-refractivity contribution in [3.05, 3.63) is 72.1 Å². The number of thiol groups is 3. The van der Waals surface area contributed by atoms with E-state index in [1.807, 2.05) is 0 Å². The minimum atomic E-state index is -1.85. The molecule has 0 aliphatic carbocycles. The van der Waals surface area contributed by atoms with Crippen LogP contribution in [0.3, 0.4) is 0 Å². The minimum Gasteiger partial charge on any atom is -0.481 e. The Morgan fingerprint density at radius 2 is 1.00 bits per heavy atom. The molecule has 1 saturated heterocycles. The van der Waals surface area contributed by atoms with Gasteiger partial charge in [0.15, 0.2) is 5.78 Å². The van der Waals surface area contributed by atoms with E-state index in [0.29, 0.717) is 39.4 Å². The van der Waals surface area contributed by atoms with Gasteiger partial charge in [0.2, 0.25) is 70.9 Å². The summed E-state index contributed by atoms with van der Waals surface area (Å²) in [4.78, 5) is 226. The second kappa shape index (κ2) is 42.4. The predicted octanol–water partition coefficient (Wildman–Crippen LogP) is -2.65. The van der Waals surface area contributed by atoms with Crippen molar-refractivity contribution in [1.82, 2.24) is 84.0 Å². The highest BCUT2D eigenvalue weighted by Crippen LogP contribution is 2.24. The summed E-state index contributed by atoms with van der Waals surface area (Å²) in [6.45, 7) is 12.5. The zero-order chi connectivity index (χ0) is 81.3.